The average Bonchev–Trinajstić information content (AvgIpc) is 2.74. The first-order chi connectivity index (χ1) is 10.6. The van der Waals surface area contributed by atoms with Gasteiger partial charge in [-0.05, 0) is 39.0 Å². The van der Waals surface area contributed by atoms with Crippen molar-refractivity contribution in [1.82, 2.24) is 10.3 Å². The highest BCUT2D eigenvalue weighted by atomic mass is 35.5. The molecule has 1 saturated carbocycles. The second-order valence-corrected chi connectivity index (χ2v) is 8.27. The number of hydrogen-bond donors (Lipinski definition) is 2. The Balaban J connectivity index is 0.00000192. The third-order valence-corrected chi connectivity index (χ3v) is 6.14. The van der Waals surface area contributed by atoms with Crippen LogP contribution in [0, 0.1) is 6.92 Å². The van der Waals surface area contributed by atoms with E-state index in [2.05, 4.69) is 10.3 Å². The molecule has 0 bridgehead atoms. The quantitative estimate of drug-likeness (QED) is 0.814. The van der Waals surface area contributed by atoms with Crippen molar-refractivity contribution in [3.8, 4) is 0 Å². The average molecular weight is 358 g/mol. The zero-order valence-corrected chi connectivity index (χ0v) is 15.5. The first-order valence-electron chi connectivity index (χ1n) is 8.60. The fourth-order valence-corrected chi connectivity index (χ4v) is 4.83. The zero-order chi connectivity index (χ0) is 15.6. The number of nitrogens with two attached hydrogens (primary N) is 1. The van der Waals surface area contributed by atoms with E-state index in [1.165, 1.54) is 30.6 Å². The normalized spacial score (nSPS) is 23.3. The van der Waals surface area contributed by atoms with Gasteiger partial charge in [0.15, 0.2) is 0 Å². The molecule has 4 nitrogen and oxygen atoms in total. The Morgan fingerprint density at radius 1 is 1.30 bits per heavy atom. The van der Waals surface area contributed by atoms with Gasteiger partial charge in [0.05, 0.1) is 16.6 Å². The monoisotopic (exact) mass is 357 g/mol. The predicted molar refractivity (Wildman–Crippen MR) is 97.4 cm³/mol. The molecule has 1 unspecified atom stereocenters. The number of amides is 1. The molecular formula is C17H28ClN3OS. The fourth-order valence-electron chi connectivity index (χ4n) is 3.79. The second kappa shape index (κ2) is 7.95. The van der Waals surface area contributed by atoms with E-state index in [0.29, 0.717) is 6.54 Å². The van der Waals surface area contributed by atoms with Crippen LogP contribution in [0.3, 0.4) is 0 Å². The van der Waals surface area contributed by atoms with Crippen LogP contribution in [0.4, 0.5) is 0 Å². The van der Waals surface area contributed by atoms with Gasteiger partial charge in [-0.25, -0.2) is 4.98 Å². The first kappa shape index (κ1) is 18.7. The van der Waals surface area contributed by atoms with Crippen molar-refractivity contribution in [2.75, 3.05) is 6.54 Å². The van der Waals surface area contributed by atoms with E-state index in [9.17, 15) is 4.79 Å². The molecule has 0 aromatic carbocycles. The third-order valence-electron chi connectivity index (χ3n) is 5.09. The van der Waals surface area contributed by atoms with Crippen molar-refractivity contribution in [3.05, 3.63) is 15.6 Å². The highest BCUT2D eigenvalue weighted by Gasteiger charge is 2.32. The van der Waals surface area contributed by atoms with Gasteiger partial charge in [0, 0.05) is 17.0 Å². The van der Waals surface area contributed by atoms with Crippen LogP contribution in [0.15, 0.2) is 0 Å². The Morgan fingerprint density at radius 2 is 2.00 bits per heavy atom. The van der Waals surface area contributed by atoms with Gasteiger partial charge in [-0.1, -0.05) is 25.7 Å². The SMILES string of the molecule is Cc1nc2c(s1)CCCC2C(=O)NCC1(N)CCCCCC1.Cl. The molecule has 1 aromatic rings. The van der Waals surface area contributed by atoms with Crippen LogP contribution in [0.5, 0.6) is 0 Å². The van der Waals surface area contributed by atoms with E-state index in [1.807, 2.05) is 6.92 Å². The predicted octanol–water partition coefficient (Wildman–Crippen LogP) is 3.46. The van der Waals surface area contributed by atoms with Crippen molar-refractivity contribution in [2.24, 2.45) is 5.73 Å². The summed E-state index contributed by atoms with van der Waals surface area (Å²) < 4.78 is 0. The van der Waals surface area contributed by atoms with Crippen molar-refractivity contribution in [1.29, 1.82) is 0 Å². The first-order valence-corrected chi connectivity index (χ1v) is 9.42. The van der Waals surface area contributed by atoms with Crippen LogP contribution in [0.2, 0.25) is 0 Å². The number of hydrogen-bond acceptors (Lipinski definition) is 4. The molecule has 0 aliphatic heterocycles. The minimum absolute atomic E-state index is 0. The molecule has 23 heavy (non-hydrogen) atoms. The van der Waals surface area contributed by atoms with Gasteiger partial charge in [0.25, 0.3) is 0 Å². The highest BCUT2D eigenvalue weighted by Crippen LogP contribution is 2.35. The Labute approximate surface area is 149 Å². The summed E-state index contributed by atoms with van der Waals surface area (Å²) in [6.45, 7) is 2.64. The summed E-state index contributed by atoms with van der Waals surface area (Å²) in [4.78, 5) is 18.6. The van der Waals surface area contributed by atoms with Crippen molar-refractivity contribution >= 4 is 29.7 Å². The molecule has 130 valence electrons. The van der Waals surface area contributed by atoms with E-state index in [0.717, 1.165) is 42.8 Å². The lowest BCUT2D eigenvalue weighted by atomic mass is 9.88. The molecule has 3 N–H and O–H groups in total. The second-order valence-electron chi connectivity index (χ2n) is 6.98. The number of aryl methyl sites for hydroxylation is 2. The number of carbonyl (C=O) groups excluding carboxylic acids is 1. The van der Waals surface area contributed by atoms with E-state index < -0.39 is 0 Å². The maximum atomic E-state index is 12.6. The molecule has 0 spiro atoms. The van der Waals surface area contributed by atoms with Gasteiger partial charge in [0.2, 0.25) is 5.91 Å². The van der Waals surface area contributed by atoms with E-state index in [1.54, 1.807) is 11.3 Å². The number of thiazole rings is 1. The summed E-state index contributed by atoms with van der Waals surface area (Å²) >= 11 is 1.74. The number of halogens is 1. The molecule has 1 atom stereocenters. The summed E-state index contributed by atoms with van der Waals surface area (Å²) in [6.07, 6.45) is 10.0. The van der Waals surface area contributed by atoms with Gasteiger partial charge in [-0.2, -0.15) is 0 Å². The Hall–Kier alpha value is -0.650. The van der Waals surface area contributed by atoms with Crippen LogP contribution >= 0.6 is 23.7 Å². The Bertz CT molecular complexity index is 538. The minimum Gasteiger partial charge on any atom is -0.354 e. The van der Waals surface area contributed by atoms with E-state index in [-0.39, 0.29) is 29.8 Å². The maximum absolute atomic E-state index is 12.6. The van der Waals surface area contributed by atoms with Gasteiger partial charge < -0.3 is 11.1 Å². The number of nitrogens with one attached hydrogen (secondary N) is 1. The lowest BCUT2D eigenvalue weighted by Crippen LogP contribution is -2.50. The fraction of sp³-hybridized carbons (Fsp3) is 0.765. The lowest BCUT2D eigenvalue weighted by molar-refractivity contribution is -0.123. The minimum atomic E-state index is -0.207. The number of aromatic nitrogens is 1. The van der Waals surface area contributed by atoms with Crippen molar-refractivity contribution in [2.45, 2.75) is 76.2 Å². The Morgan fingerprint density at radius 3 is 2.70 bits per heavy atom. The molecule has 1 amide bonds. The topological polar surface area (TPSA) is 68.0 Å². The number of fused-ring (bicyclic) bond motifs is 1. The van der Waals surface area contributed by atoms with Crippen molar-refractivity contribution in [3.63, 3.8) is 0 Å². The van der Waals surface area contributed by atoms with Crippen LogP contribution in [-0.4, -0.2) is 23.0 Å². The molecular weight excluding hydrogens is 330 g/mol. The number of rotatable bonds is 3. The van der Waals surface area contributed by atoms with Crippen LogP contribution in [-0.2, 0) is 11.2 Å². The molecule has 0 radical (unpaired) electrons. The van der Waals surface area contributed by atoms with Crippen LogP contribution in [0.1, 0.15) is 72.9 Å². The molecule has 2 aliphatic carbocycles. The van der Waals surface area contributed by atoms with Crippen molar-refractivity contribution < 1.29 is 4.79 Å². The Kier molecular flexibility index (Phi) is 6.46. The van der Waals surface area contributed by atoms with Gasteiger partial charge >= 0.3 is 0 Å². The molecule has 1 fully saturated rings. The summed E-state index contributed by atoms with van der Waals surface area (Å²) in [5, 5.41) is 4.21. The number of nitrogens with zero attached hydrogens (tertiary/aromatic N) is 1. The summed E-state index contributed by atoms with van der Waals surface area (Å²) in [7, 11) is 0. The summed E-state index contributed by atoms with van der Waals surface area (Å²) in [6, 6.07) is 0. The number of carbonyl (C=O) groups is 1. The zero-order valence-electron chi connectivity index (χ0n) is 13.9. The molecule has 3 rings (SSSR count). The maximum Gasteiger partial charge on any atom is 0.229 e. The summed E-state index contributed by atoms with van der Waals surface area (Å²) in [5.41, 5.74) is 7.33. The molecule has 0 saturated heterocycles. The smallest absolute Gasteiger partial charge is 0.229 e. The standard InChI is InChI=1S/C17H27N3OS.ClH/c1-12-20-15-13(7-6-8-14(15)22-12)16(21)19-11-17(18)9-4-2-3-5-10-17;/h13H,2-11,18H2,1H3,(H,19,21);1H. The van der Waals surface area contributed by atoms with Gasteiger partial charge in [-0.3, -0.25) is 4.79 Å². The highest BCUT2D eigenvalue weighted by molar-refractivity contribution is 7.11. The van der Waals surface area contributed by atoms with Gasteiger partial charge in [-0.15, -0.1) is 23.7 Å². The van der Waals surface area contributed by atoms with E-state index in [4.69, 9.17) is 5.73 Å². The van der Waals surface area contributed by atoms with Crippen LogP contribution < -0.4 is 11.1 Å². The van der Waals surface area contributed by atoms with E-state index >= 15 is 0 Å². The molecule has 1 aromatic heterocycles. The summed E-state index contributed by atoms with van der Waals surface area (Å²) in [5.74, 6) is 0.0587. The molecule has 1 heterocycles. The van der Waals surface area contributed by atoms with Crippen LogP contribution in [0.25, 0.3) is 0 Å². The third kappa shape index (κ3) is 4.46. The lowest BCUT2D eigenvalue weighted by Gasteiger charge is -2.29. The van der Waals surface area contributed by atoms with Gasteiger partial charge in [0.1, 0.15) is 0 Å². The molecule has 6 heteroatoms. The molecule has 2 aliphatic rings. The largest absolute Gasteiger partial charge is 0.354 e.